The minimum Gasteiger partial charge on any atom is -0.482 e. The summed E-state index contributed by atoms with van der Waals surface area (Å²) < 4.78 is 22.1. The van der Waals surface area contributed by atoms with Crippen LogP contribution in [0.5, 0.6) is 5.75 Å². The van der Waals surface area contributed by atoms with Gasteiger partial charge in [0.15, 0.2) is 11.6 Å². The van der Waals surface area contributed by atoms with E-state index < -0.39 is 6.10 Å². The molecule has 2 aromatic carbocycles. The highest BCUT2D eigenvalue weighted by Gasteiger charge is 2.17. The van der Waals surface area contributed by atoms with Crippen molar-refractivity contribution >= 4 is 5.82 Å². The highest BCUT2D eigenvalue weighted by Crippen LogP contribution is 2.34. The maximum atomic E-state index is 14.1. The lowest BCUT2D eigenvalue weighted by Gasteiger charge is -2.20. The van der Waals surface area contributed by atoms with Crippen LogP contribution in [0, 0.1) is 5.82 Å². The van der Waals surface area contributed by atoms with E-state index in [-0.39, 0.29) is 11.6 Å². The van der Waals surface area contributed by atoms with E-state index in [9.17, 15) is 4.39 Å². The predicted molar refractivity (Wildman–Crippen MR) is 116 cm³/mol. The molecular weight excluding hydrogens is 379 g/mol. The van der Waals surface area contributed by atoms with Gasteiger partial charge in [-0.25, -0.2) is 9.37 Å². The van der Waals surface area contributed by atoms with Gasteiger partial charge < -0.3 is 10.5 Å². The molecule has 4 aromatic rings. The summed E-state index contributed by atoms with van der Waals surface area (Å²) in [6.45, 7) is 4.69. The second-order valence-corrected chi connectivity index (χ2v) is 7.05. The van der Waals surface area contributed by atoms with E-state index in [0.29, 0.717) is 5.75 Å². The van der Waals surface area contributed by atoms with Crippen molar-refractivity contribution in [2.45, 2.75) is 26.5 Å². The van der Waals surface area contributed by atoms with Crippen molar-refractivity contribution in [2.75, 3.05) is 5.73 Å². The van der Waals surface area contributed by atoms with Crippen LogP contribution in [0.3, 0.4) is 0 Å². The fourth-order valence-corrected chi connectivity index (χ4v) is 3.40. The summed E-state index contributed by atoms with van der Waals surface area (Å²) in [7, 11) is 0. The highest BCUT2D eigenvalue weighted by molar-refractivity contribution is 5.68. The molecule has 0 saturated carbocycles. The number of hydrogen-bond donors (Lipinski definition) is 1. The lowest BCUT2D eigenvalue weighted by molar-refractivity contribution is 0.228. The van der Waals surface area contributed by atoms with Gasteiger partial charge in [0.2, 0.25) is 0 Å². The van der Waals surface area contributed by atoms with Crippen molar-refractivity contribution in [2.24, 2.45) is 0 Å². The molecule has 30 heavy (non-hydrogen) atoms. The molecule has 0 radical (unpaired) electrons. The molecule has 0 spiro atoms. The Morgan fingerprint density at radius 3 is 2.57 bits per heavy atom. The van der Waals surface area contributed by atoms with E-state index in [2.05, 4.69) is 10.1 Å². The molecule has 4 rings (SSSR count). The summed E-state index contributed by atoms with van der Waals surface area (Å²) >= 11 is 0. The smallest absolute Gasteiger partial charge is 0.166 e. The Bertz CT molecular complexity index is 1160. The van der Waals surface area contributed by atoms with Crippen LogP contribution in [0.2, 0.25) is 0 Å². The number of halogens is 1. The molecule has 1 atom stereocenters. The van der Waals surface area contributed by atoms with Gasteiger partial charge in [-0.1, -0.05) is 36.4 Å². The molecule has 5 nitrogen and oxygen atoms in total. The molecule has 0 saturated heterocycles. The molecule has 0 amide bonds. The summed E-state index contributed by atoms with van der Waals surface area (Å²) in [4.78, 5) is 4.28. The van der Waals surface area contributed by atoms with Gasteiger partial charge in [-0.3, -0.25) is 4.68 Å². The largest absolute Gasteiger partial charge is 0.482 e. The Hall–Kier alpha value is -3.67. The zero-order valence-corrected chi connectivity index (χ0v) is 16.9. The van der Waals surface area contributed by atoms with Crippen molar-refractivity contribution in [1.82, 2.24) is 14.8 Å². The highest BCUT2D eigenvalue weighted by atomic mass is 19.1. The van der Waals surface area contributed by atoms with Crippen LogP contribution in [0.15, 0.2) is 73.2 Å². The van der Waals surface area contributed by atoms with E-state index >= 15 is 0 Å². The Balaban J connectivity index is 1.67. The SMILES string of the molecule is CCn1cc(-c2cnc(N)c(O[C@H](C)c3cc(F)ccc3-c3ccccc3)c2)cn1. The summed E-state index contributed by atoms with van der Waals surface area (Å²) in [5, 5.41) is 4.30. The van der Waals surface area contributed by atoms with Crippen LogP contribution >= 0.6 is 0 Å². The van der Waals surface area contributed by atoms with Gasteiger partial charge in [-0.2, -0.15) is 5.10 Å². The van der Waals surface area contributed by atoms with Crippen LogP contribution in [-0.4, -0.2) is 14.8 Å². The average Bonchev–Trinajstić information content (AvgIpc) is 3.25. The van der Waals surface area contributed by atoms with Gasteiger partial charge in [0.25, 0.3) is 0 Å². The normalized spacial score (nSPS) is 12.0. The molecule has 0 bridgehead atoms. The van der Waals surface area contributed by atoms with Crippen molar-refractivity contribution < 1.29 is 9.13 Å². The molecule has 0 fully saturated rings. The lowest BCUT2D eigenvalue weighted by atomic mass is 9.96. The topological polar surface area (TPSA) is 66.0 Å². The maximum absolute atomic E-state index is 14.1. The van der Waals surface area contributed by atoms with Crippen molar-refractivity contribution in [3.05, 3.63) is 84.6 Å². The van der Waals surface area contributed by atoms with E-state index in [4.69, 9.17) is 10.5 Å². The molecular formula is C24H23FN4O. The molecule has 0 aliphatic heterocycles. The van der Waals surface area contributed by atoms with Gasteiger partial charge in [-0.15, -0.1) is 0 Å². The van der Waals surface area contributed by atoms with Gasteiger partial charge in [0, 0.05) is 35.6 Å². The molecule has 152 valence electrons. The monoisotopic (exact) mass is 402 g/mol. The van der Waals surface area contributed by atoms with E-state index in [1.165, 1.54) is 12.1 Å². The van der Waals surface area contributed by atoms with Gasteiger partial charge in [-0.05, 0) is 43.2 Å². The van der Waals surface area contributed by atoms with Crippen LogP contribution in [0.1, 0.15) is 25.5 Å². The molecule has 0 aliphatic rings. The number of rotatable bonds is 6. The first kappa shape index (κ1) is 19.6. The standard InChI is InChI=1S/C24H23FN4O/c1-3-29-15-19(14-28-29)18-11-23(24(26)27-13-18)30-16(2)22-12-20(25)9-10-21(22)17-7-5-4-6-8-17/h4-16H,3H2,1-2H3,(H2,26,27)/t16-/m1/s1. The average molecular weight is 402 g/mol. The third kappa shape index (κ3) is 4.03. The summed E-state index contributed by atoms with van der Waals surface area (Å²) in [5.41, 5.74) is 10.5. The van der Waals surface area contributed by atoms with Crippen molar-refractivity contribution in [3.63, 3.8) is 0 Å². The summed E-state index contributed by atoms with van der Waals surface area (Å²) in [5.74, 6) is 0.422. The molecule has 0 aliphatic carbocycles. The van der Waals surface area contributed by atoms with Gasteiger partial charge >= 0.3 is 0 Å². The Kier molecular flexibility index (Phi) is 5.48. The third-order valence-corrected chi connectivity index (χ3v) is 5.01. The lowest BCUT2D eigenvalue weighted by Crippen LogP contribution is -2.08. The van der Waals surface area contributed by atoms with Gasteiger partial charge in [0.05, 0.1) is 6.20 Å². The fourth-order valence-electron chi connectivity index (χ4n) is 3.40. The van der Waals surface area contributed by atoms with Gasteiger partial charge in [0.1, 0.15) is 11.9 Å². The molecule has 0 unspecified atom stereocenters. The molecule has 2 aromatic heterocycles. The van der Waals surface area contributed by atoms with Crippen LogP contribution in [-0.2, 0) is 6.54 Å². The number of hydrogen-bond acceptors (Lipinski definition) is 4. The maximum Gasteiger partial charge on any atom is 0.166 e. The molecule has 6 heteroatoms. The van der Waals surface area contributed by atoms with E-state index in [0.717, 1.165) is 34.4 Å². The first-order chi connectivity index (χ1) is 14.5. The van der Waals surface area contributed by atoms with Crippen LogP contribution in [0.25, 0.3) is 22.3 Å². The number of ether oxygens (including phenoxy) is 1. The predicted octanol–water partition coefficient (Wildman–Crippen LogP) is 5.49. The van der Waals surface area contributed by atoms with Crippen molar-refractivity contribution in [1.29, 1.82) is 0 Å². The number of nitrogens with two attached hydrogens (primary N) is 1. The number of pyridine rings is 1. The number of aromatic nitrogens is 3. The number of anilines is 1. The minimum atomic E-state index is -0.436. The second kappa shape index (κ2) is 8.37. The number of aryl methyl sites for hydroxylation is 1. The fraction of sp³-hybridized carbons (Fsp3) is 0.167. The minimum absolute atomic E-state index is 0.283. The number of nitrogens with zero attached hydrogens (tertiary/aromatic N) is 3. The Morgan fingerprint density at radius 1 is 1.03 bits per heavy atom. The summed E-state index contributed by atoms with van der Waals surface area (Å²) in [6, 6.07) is 16.4. The van der Waals surface area contributed by atoms with E-state index in [1.54, 1.807) is 18.5 Å². The zero-order valence-electron chi connectivity index (χ0n) is 16.9. The molecule has 2 heterocycles. The zero-order chi connectivity index (χ0) is 21.1. The van der Waals surface area contributed by atoms with Crippen LogP contribution < -0.4 is 10.5 Å². The van der Waals surface area contributed by atoms with E-state index in [1.807, 2.05) is 61.1 Å². The second-order valence-electron chi connectivity index (χ2n) is 7.05. The first-order valence-electron chi connectivity index (χ1n) is 9.85. The Morgan fingerprint density at radius 2 is 1.83 bits per heavy atom. The summed E-state index contributed by atoms with van der Waals surface area (Å²) in [6.07, 6.45) is 4.99. The van der Waals surface area contributed by atoms with Crippen molar-refractivity contribution in [3.8, 4) is 28.0 Å². The quantitative estimate of drug-likeness (QED) is 0.463. The first-order valence-corrected chi connectivity index (χ1v) is 9.85. The third-order valence-electron chi connectivity index (χ3n) is 5.01. The Labute approximate surface area is 175 Å². The number of nitrogen functional groups attached to an aromatic ring is 1. The number of benzene rings is 2. The van der Waals surface area contributed by atoms with Crippen LogP contribution in [0.4, 0.5) is 10.2 Å². The molecule has 2 N–H and O–H groups in total.